The third-order valence-electron chi connectivity index (χ3n) is 2.96. The predicted molar refractivity (Wildman–Crippen MR) is 94.4 cm³/mol. The van der Waals surface area contributed by atoms with Crippen LogP contribution >= 0.6 is 55.3 Å². The molecule has 0 N–H and O–H groups in total. The third kappa shape index (κ3) is 2.35. The van der Waals surface area contributed by atoms with Crippen molar-refractivity contribution in [2.75, 3.05) is 0 Å². The number of aromatic nitrogens is 4. The number of azo groups is 1. The number of rotatable bonds is 2. The fourth-order valence-electron chi connectivity index (χ4n) is 1.92. The number of nitrogens with zero attached hydrogens (tertiary/aromatic N) is 6. The van der Waals surface area contributed by atoms with Crippen LogP contribution < -0.4 is 0 Å². The van der Waals surface area contributed by atoms with E-state index < -0.39 is 0 Å². The molecule has 0 amide bonds. The third-order valence-corrected chi connectivity index (χ3v) is 5.29. The lowest BCUT2D eigenvalue weighted by Crippen LogP contribution is -1.75. The maximum Gasteiger partial charge on any atom is 0.133 e. The first-order valence-electron chi connectivity index (χ1n) is 5.97. The van der Waals surface area contributed by atoms with Crippen molar-refractivity contribution in [3.05, 3.63) is 33.2 Å². The van der Waals surface area contributed by atoms with Gasteiger partial charge in [-0.15, -0.1) is 10.2 Å². The summed E-state index contributed by atoms with van der Waals surface area (Å²) in [7, 11) is 0. The molecule has 0 saturated heterocycles. The van der Waals surface area contributed by atoms with Gasteiger partial charge in [-0.2, -0.15) is 17.5 Å². The maximum atomic E-state index is 4.31. The highest BCUT2D eigenvalue weighted by molar-refractivity contribution is 9.11. The largest absolute Gasteiger partial charge is 0.172 e. The normalized spacial score (nSPS) is 11.9. The molecule has 0 atom stereocenters. The van der Waals surface area contributed by atoms with Crippen LogP contribution in [0.2, 0.25) is 0 Å². The zero-order valence-electron chi connectivity index (χ0n) is 10.6. The van der Waals surface area contributed by atoms with E-state index in [9.17, 15) is 0 Å². The summed E-state index contributed by atoms with van der Waals surface area (Å²) in [6, 6.07) is 7.48. The summed E-state index contributed by atoms with van der Waals surface area (Å²) < 4.78 is 18.8. The lowest BCUT2D eigenvalue weighted by Gasteiger charge is -1.97. The van der Waals surface area contributed by atoms with Crippen molar-refractivity contribution in [3.63, 3.8) is 0 Å². The van der Waals surface area contributed by atoms with Crippen molar-refractivity contribution >= 4 is 88.8 Å². The van der Waals surface area contributed by atoms with Crippen LogP contribution in [0, 0.1) is 0 Å². The average Bonchev–Trinajstić information content (AvgIpc) is 3.18. The monoisotopic (exact) mass is 454 g/mol. The van der Waals surface area contributed by atoms with Crippen LogP contribution in [0.25, 0.3) is 22.1 Å². The van der Waals surface area contributed by atoms with Gasteiger partial charge in [-0.3, -0.25) is 0 Å². The molecule has 2 aromatic carbocycles. The van der Waals surface area contributed by atoms with Crippen molar-refractivity contribution < 1.29 is 0 Å². The quantitative estimate of drug-likeness (QED) is 0.366. The SMILES string of the molecule is Brc1ccc(N=Nc2ccc(Br)c3nsnc23)c2nsnc12. The topological polar surface area (TPSA) is 76.3 Å². The molecule has 0 saturated carbocycles. The minimum Gasteiger partial charge on any atom is -0.172 e. The minimum absolute atomic E-state index is 0.672. The van der Waals surface area contributed by atoms with Gasteiger partial charge in [0.15, 0.2) is 0 Å². The van der Waals surface area contributed by atoms with E-state index in [-0.39, 0.29) is 0 Å². The second-order valence-corrected chi connectivity index (χ2v) is 7.02. The zero-order chi connectivity index (χ0) is 15.1. The molecule has 0 fully saturated rings. The molecule has 22 heavy (non-hydrogen) atoms. The number of halogens is 2. The smallest absolute Gasteiger partial charge is 0.133 e. The molecule has 0 spiro atoms. The molecule has 108 valence electrons. The molecule has 0 aliphatic carbocycles. The Morgan fingerprint density at radius 3 is 1.50 bits per heavy atom. The maximum absolute atomic E-state index is 4.31. The minimum atomic E-state index is 0.672. The molecule has 4 rings (SSSR count). The van der Waals surface area contributed by atoms with Crippen LogP contribution in [0.1, 0.15) is 0 Å². The van der Waals surface area contributed by atoms with Gasteiger partial charge in [0.2, 0.25) is 0 Å². The number of hydrogen-bond donors (Lipinski definition) is 0. The van der Waals surface area contributed by atoms with Gasteiger partial charge in [-0.25, -0.2) is 0 Å². The molecule has 2 heterocycles. The van der Waals surface area contributed by atoms with Crippen LogP contribution in [-0.4, -0.2) is 17.5 Å². The average molecular weight is 456 g/mol. The highest BCUT2D eigenvalue weighted by Gasteiger charge is 2.10. The van der Waals surface area contributed by atoms with Crippen molar-refractivity contribution in [1.29, 1.82) is 0 Å². The van der Waals surface area contributed by atoms with Gasteiger partial charge < -0.3 is 0 Å². The summed E-state index contributed by atoms with van der Waals surface area (Å²) in [5.41, 5.74) is 4.38. The molecule has 4 aromatic rings. The highest BCUT2D eigenvalue weighted by atomic mass is 79.9. The number of hydrogen-bond acceptors (Lipinski definition) is 8. The fourth-order valence-corrected chi connectivity index (χ4v) is 4.11. The van der Waals surface area contributed by atoms with Crippen molar-refractivity contribution in [2.24, 2.45) is 10.2 Å². The highest BCUT2D eigenvalue weighted by Crippen LogP contribution is 2.34. The first-order valence-corrected chi connectivity index (χ1v) is 9.02. The van der Waals surface area contributed by atoms with Crippen molar-refractivity contribution in [3.8, 4) is 0 Å². The lowest BCUT2D eigenvalue weighted by atomic mass is 10.2. The Morgan fingerprint density at radius 1 is 0.636 bits per heavy atom. The second kappa shape index (κ2) is 5.69. The molecule has 0 radical (unpaired) electrons. The van der Waals surface area contributed by atoms with Crippen LogP contribution in [-0.2, 0) is 0 Å². The van der Waals surface area contributed by atoms with Crippen LogP contribution in [0.3, 0.4) is 0 Å². The summed E-state index contributed by atoms with van der Waals surface area (Å²) >= 11 is 9.20. The van der Waals surface area contributed by atoms with E-state index in [1.165, 1.54) is 0 Å². The molecular weight excluding hydrogens is 452 g/mol. The number of fused-ring (bicyclic) bond motifs is 2. The summed E-state index contributed by atoms with van der Waals surface area (Å²) in [4.78, 5) is 0. The molecule has 0 aliphatic heterocycles. The molecule has 6 nitrogen and oxygen atoms in total. The van der Waals surface area contributed by atoms with Gasteiger partial charge in [0.25, 0.3) is 0 Å². The predicted octanol–water partition coefficient (Wildman–Crippen LogP) is 5.64. The Balaban J connectivity index is 1.83. The first-order chi connectivity index (χ1) is 10.7. The molecule has 0 aliphatic rings. The standard InChI is InChI=1S/C12H4Br2N6S2/c13-5-1-3-7(11-9(5)17-21-19-11)15-16-8-4-2-6(14)10-12(8)20-22-18-10/h1-4H. The van der Waals surface area contributed by atoms with Gasteiger partial charge in [0.1, 0.15) is 33.4 Å². The summed E-state index contributed by atoms with van der Waals surface area (Å²) in [5, 5.41) is 8.61. The van der Waals surface area contributed by atoms with Gasteiger partial charge in [-0.05, 0) is 56.1 Å². The van der Waals surface area contributed by atoms with Crippen LogP contribution in [0.4, 0.5) is 11.4 Å². The van der Waals surface area contributed by atoms with E-state index in [0.29, 0.717) is 11.4 Å². The Morgan fingerprint density at radius 2 is 1.05 bits per heavy atom. The van der Waals surface area contributed by atoms with Crippen molar-refractivity contribution in [2.45, 2.75) is 0 Å². The lowest BCUT2D eigenvalue weighted by molar-refractivity contribution is 1.24. The fraction of sp³-hybridized carbons (Fsp3) is 0. The van der Waals surface area contributed by atoms with E-state index in [2.05, 4.69) is 59.6 Å². The first kappa shape index (κ1) is 14.2. The van der Waals surface area contributed by atoms with E-state index in [1.54, 1.807) is 0 Å². The molecular formula is C12H4Br2N6S2. The van der Waals surface area contributed by atoms with Gasteiger partial charge in [0, 0.05) is 8.95 Å². The Labute approximate surface area is 149 Å². The molecule has 10 heteroatoms. The summed E-state index contributed by atoms with van der Waals surface area (Å²) in [5.74, 6) is 0. The number of benzene rings is 2. The molecule has 2 aromatic heterocycles. The van der Waals surface area contributed by atoms with E-state index >= 15 is 0 Å². The summed E-state index contributed by atoms with van der Waals surface area (Å²) in [6.07, 6.45) is 0. The Hall–Kier alpha value is -1.36. The second-order valence-electron chi connectivity index (χ2n) is 4.26. The van der Waals surface area contributed by atoms with Gasteiger partial charge in [0.05, 0.1) is 23.5 Å². The van der Waals surface area contributed by atoms with E-state index in [4.69, 9.17) is 0 Å². The molecule has 0 unspecified atom stereocenters. The van der Waals surface area contributed by atoms with Gasteiger partial charge >= 0.3 is 0 Å². The molecule has 0 bridgehead atoms. The van der Waals surface area contributed by atoms with E-state index in [1.807, 2.05) is 24.3 Å². The van der Waals surface area contributed by atoms with E-state index in [0.717, 1.165) is 54.5 Å². The summed E-state index contributed by atoms with van der Waals surface area (Å²) in [6.45, 7) is 0. The zero-order valence-corrected chi connectivity index (χ0v) is 15.4. The van der Waals surface area contributed by atoms with Crippen LogP contribution in [0.5, 0.6) is 0 Å². The van der Waals surface area contributed by atoms with Gasteiger partial charge in [-0.1, -0.05) is 0 Å². The Bertz CT molecular complexity index is 943. The van der Waals surface area contributed by atoms with Crippen LogP contribution in [0.15, 0.2) is 43.4 Å². The Kier molecular flexibility index (Phi) is 3.68. The van der Waals surface area contributed by atoms with Crippen molar-refractivity contribution in [1.82, 2.24) is 17.5 Å².